The van der Waals surface area contributed by atoms with Crippen LogP contribution in [0, 0.1) is 5.41 Å². The molecule has 0 bridgehead atoms. The van der Waals surface area contributed by atoms with Crippen molar-refractivity contribution in [1.29, 1.82) is 0 Å². The smallest absolute Gasteiger partial charge is 0.101 e. The van der Waals surface area contributed by atoms with Crippen LogP contribution in [0.4, 0.5) is 0 Å². The van der Waals surface area contributed by atoms with Crippen molar-refractivity contribution >= 4 is 0 Å². The summed E-state index contributed by atoms with van der Waals surface area (Å²) in [7, 11) is 0. The second-order valence-electron chi connectivity index (χ2n) is 11.1. The van der Waals surface area contributed by atoms with E-state index in [0.29, 0.717) is 65.9 Å². The average molecular weight is 815 g/mol. The van der Waals surface area contributed by atoms with Gasteiger partial charge in [0.1, 0.15) is 6.10 Å². The van der Waals surface area contributed by atoms with Gasteiger partial charge in [-0.15, -0.1) is 52.6 Å². The standard InChI is InChI=1S/C12H22O3.C9H16O3.C7H12.C6H12O2.C5H11NO.C3H7N.C3H6O/c1-4-7-14-10-12(6-3,9-13)11-15-8-5-2;1-3-5-11-7-9(10)8-12-6-4-2;1-3-5-7-6-4-2;1-2-8-6-4-3-5-7;1-2-7-5-3-4-6;2*1-2-3-4/h4-5,13H,1-2,6-11H2,3H3;3-4,9-10H,1-2,5-8H2;3-4H,1-2,5-7H2;2,7H,1,3-6H2;2H,1,3-6H2;2H,1,3-4H2;2,4H,1,3H2. The highest BCUT2D eigenvalue weighted by atomic mass is 16.5. The molecule has 0 aliphatic heterocycles. The molecule has 0 saturated heterocycles. The fourth-order valence-electron chi connectivity index (χ4n) is 2.83. The summed E-state index contributed by atoms with van der Waals surface area (Å²) in [5.74, 6) is 0. The predicted molar refractivity (Wildman–Crippen MR) is 243 cm³/mol. The molecule has 0 heterocycles. The number of hydrogen-bond acceptors (Lipinski definition) is 12. The second-order valence-corrected chi connectivity index (χ2v) is 11.1. The first kappa shape index (κ1) is 68.3. The molecule has 57 heavy (non-hydrogen) atoms. The fraction of sp³-hybridized carbons (Fsp3) is 0.556. The number of allylic oxidation sites excluding steroid dienone is 2. The molecule has 336 valence electrons. The third-order valence-corrected chi connectivity index (χ3v) is 5.95. The molecule has 0 aromatic rings. The van der Waals surface area contributed by atoms with E-state index >= 15 is 0 Å². The minimum atomic E-state index is -0.565. The summed E-state index contributed by atoms with van der Waals surface area (Å²) in [6.07, 6.45) is 22.8. The van der Waals surface area contributed by atoms with Gasteiger partial charge < -0.3 is 60.3 Å². The molecule has 8 N–H and O–H groups in total. The summed E-state index contributed by atoms with van der Waals surface area (Å²) in [5, 5.41) is 34.6. The van der Waals surface area contributed by atoms with Crippen LogP contribution >= 0.6 is 0 Å². The van der Waals surface area contributed by atoms with Gasteiger partial charge in [-0.3, -0.25) is 0 Å². The Hall–Kier alpha value is -3.40. The van der Waals surface area contributed by atoms with Gasteiger partial charge in [0, 0.05) is 18.6 Å². The molecule has 0 rings (SSSR count). The van der Waals surface area contributed by atoms with E-state index in [4.69, 9.17) is 50.1 Å². The molecule has 0 aliphatic carbocycles. The Balaban J connectivity index is -0.000000107. The largest absolute Gasteiger partial charge is 0.502 e. The molecule has 0 radical (unpaired) electrons. The molecule has 0 amide bonds. The molecule has 0 fully saturated rings. The first-order chi connectivity index (χ1) is 27.6. The molecule has 0 aromatic heterocycles. The van der Waals surface area contributed by atoms with E-state index in [9.17, 15) is 10.2 Å². The van der Waals surface area contributed by atoms with Gasteiger partial charge in [0.15, 0.2) is 0 Å². The Morgan fingerprint density at radius 2 is 0.965 bits per heavy atom. The lowest BCUT2D eigenvalue weighted by atomic mass is 9.88. The van der Waals surface area contributed by atoms with E-state index in [2.05, 4.69) is 65.8 Å². The van der Waals surface area contributed by atoms with Crippen LogP contribution in [-0.4, -0.2) is 126 Å². The Bertz CT molecular complexity index is 791. The zero-order valence-electron chi connectivity index (χ0n) is 35.9. The molecule has 0 spiro atoms. The van der Waals surface area contributed by atoms with Crippen LogP contribution in [0.25, 0.3) is 0 Å². The molecule has 12 nitrogen and oxygen atoms in total. The van der Waals surface area contributed by atoms with Crippen LogP contribution in [0.5, 0.6) is 0 Å². The Morgan fingerprint density at radius 1 is 0.561 bits per heavy atom. The number of hydrogen-bond donors (Lipinski definition) is 6. The summed E-state index contributed by atoms with van der Waals surface area (Å²) in [5.41, 5.74) is 9.77. The maximum absolute atomic E-state index is 9.36. The number of unbranched alkanes of at least 4 members (excludes halogenated alkanes) is 3. The van der Waals surface area contributed by atoms with Gasteiger partial charge in [-0.1, -0.05) is 68.7 Å². The second kappa shape index (κ2) is 73.7. The van der Waals surface area contributed by atoms with Crippen molar-refractivity contribution in [3.8, 4) is 0 Å². The summed E-state index contributed by atoms with van der Waals surface area (Å²) in [6.45, 7) is 43.2. The van der Waals surface area contributed by atoms with Crippen LogP contribution in [0.3, 0.4) is 0 Å². The van der Waals surface area contributed by atoms with Crippen molar-refractivity contribution in [2.45, 2.75) is 58.0 Å². The number of aliphatic hydroxyl groups is 4. The summed E-state index contributed by atoms with van der Waals surface area (Å²) in [6, 6.07) is 0. The quantitative estimate of drug-likeness (QED) is 0.0232. The third-order valence-electron chi connectivity index (χ3n) is 5.95. The average Bonchev–Trinajstić information content (AvgIpc) is 3.24. The van der Waals surface area contributed by atoms with E-state index in [-0.39, 0.29) is 38.4 Å². The van der Waals surface area contributed by atoms with Crippen LogP contribution in [0.1, 0.15) is 51.9 Å². The molecule has 0 saturated carbocycles. The number of ether oxygens (including phenoxy) is 6. The number of rotatable bonds is 33. The van der Waals surface area contributed by atoms with Crippen LogP contribution < -0.4 is 11.5 Å². The van der Waals surface area contributed by atoms with Gasteiger partial charge in [0.25, 0.3) is 0 Å². The van der Waals surface area contributed by atoms with Crippen molar-refractivity contribution in [1.82, 2.24) is 0 Å². The number of nitrogens with two attached hydrogens (primary N) is 2. The molecular formula is C45H86N2O10. The van der Waals surface area contributed by atoms with Gasteiger partial charge in [0.05, 0.1) is 91.8 Å². The Labute approximate surface area is 348 Å². The summed E-state index contributed by atoms with van der Waals surface area (Å²) in [4.78, 5) is 0. The molecule has 0 aliphatic rings. The van der Waals surface area contributed by atoms with Crippen molar-refractivity contribution < 1.29 is 48.8 Å². The third kappa shape index (κ3) is 85.9. The monoisotopic (exact) mass is 815 g/mol. The van der Waals surface area contributed by atoms with Crippen molar-refractivity contribution in [3.63, 3.8) is 0 Å². The highest BCUT2D eigenvalue weighted by Crippen LogP contribution is 2.22. The van der Waals surface area contributed by atoms with Crippen LogP contribution in [-0.2, 0) is 28.4 Å². The topological polar surface area (TPSA) is 188 Å². The minimum Gasteiger partial charge on any atom is -0.502 e. The zero-order valence-corrected chi connectivity index (χ0v) is 35.9. The molecule has 0 unspecified atom stereocenters. The first-order valence-electron chi connectivity index (χ1n) is 19.2. The van der Waals surface area contributed by atoms with Crippen LogP contribution in [0.2, 0.25) is 0 Å². The van der Waals surface area contributed by atoms with Gasteiger partial charge in [-0.05, 0) is 51.5 Å². The normalized spacial score (nSPS) is 9.19. The van der Waals surface area contributed by atoms with Gasteiger partial charge in [-0.25, -0.2) is 0 Å². The molecular weight excluding hydrogens is 728 g/mol. The SMILES string of the molecule is C=CCCCC=C.C=CCN.C=CCO.C=CCOCC(CC)(CO)COCC=C.C=CCOCC(O)COCC=C.C=COCCCCO.C=COCCCN. The van der Waals surface area contributed by atoms with Crippen molar-refractivity contribution in [2.24, 2.45) is 16.9 Å². The van der Waals surface area contributed by atoms with E-state index in [0.717, 1.165) is 38.5 Å². The lowest BCUT2D eigenvalue weighted by Crippen LogP contribution is -2.35. The first-order valence-corrected chi connectivity index (χ1v) is 19.2. The lowest BCUT2D eigenvalue weighted by molar-refractivity contribution is -0.0424. The Kier molecular flexibility index (Phi) is 88.3. The maximum Gasteiger partial charge on any atom is 0.101 e. The number of aliphatic hydroxyl groups excluding tert-OH is 4. The summed E-state index contributed by atoms with van der Waals surface area (Å²) < 4.78 is 30.3. The van der Waals surface area contributed by atoms with Gasteiger partial charge in [0.2, 0.25) is 0 Å². The van der Waals surface area contributed by atoms with Crippen molar-refractivity contribution in [2.75, 3.05) is 99.0 Å². The van der Waals surface area contributed by atoms with Crippen LogP contribution in [0.15, 0.2) is 127 Å². The van der Waals surface area contributed by atoms with E-state index in [1.807, 2.05) is 19.1 Å². The summed E-state index contributed by atoms with van der Waals surface area (Å²) >= 11 is 0. The molecule has 0 aromatic carbocycles. The highest BCUT2D eigenvalue weighted by molar-refractivity contribution is 4.79. The van der Waals surface area contributed by atoms with E-state index in [1.54, 1.807) is 30.4 Å². The molecule has 12 heteroatoms. The van der Waals surface area contributed by atoms with Gasteiger partial charge in [-0.2, -0.15) is 0 Å². The van der Waals surface area contributed by atoms with Gasteiger partial charge >= 0.3 is 0 Å². The van der Waals surface area contributed by atoms with E-state index < -0.39 is 6.10 Å². The Morgan fingerprint density at radius 3 is 1.25 bits per heavy atom. The van der Waals surface area contributed by atoms with Crippen molar-refractivity contribution in [3.05, 3.63) is 127 Å². The van der Waals surface area contributed by atoms with E-state index in [1.165, 1.54) is 25.0 Å². The highest BCUT2D eigenvalue weighted by Gasteiger charge is 2.28. The zero-order chi connectivity index (χ0) is 44.9. The lowest BCUT2D eigenvalue weighted by Gasteiger charge is -2.29. The minimum absolute atomic E-state index is 0.0672. The maximum atomic E-state index is 9.36. The fourth-order valence-corrected chi connectivity index (χ4v) is 2.83. The molecule has 0 atom stereocenters. The predicted octanol–water partition coefficient (Wildman–Crippen LogP) is 6.77.